The largest absolute Gasteiger partial charge is 0.354 e. The van der Waals surface area contributed by atoms with Crippen molar-refractivity contribution in [2.75, 3.05) is 17.1 Å². The third-order valence-electron chi connectivity index (χ3n) is 4.73. The molecule has 1 aromatic rings. The van der Waals surface area contributed by atoms with E-state index in [9.17, 15) is 13.2 Å². The van der Waals surface area contributed by atoms with Crippen molar-refractivity contribution in [3.05, 3.63) is 29.8 Å². The molecule has 0 bridgehead atoms. The van der Waals surface area contributed by atoms with Crippen molar-refractivity contribution in [2.24, 2.45) is 5.92 Å². The summed E-state index contributed by atoms with van der Waals surface area (Å²) in [7, 11) is -3.57. The predicted octanol–water partition coefficient (Wildman–Crippen LogP) is 3.87. The van der Waals surface area contributed by atoms with E-state index in [4.69, 9.17) is 0 Å². The van der Waals surface area contributed by atoms with Crippen LogP contribution in [0.2, 0.25) is 0 Å². The number of aryl methyl sites for hydroxylation is 1. The Labute approximate surface area is 159 Å². The van der Waals surface area contributed by atoms with E-state index in [1.807, 2.05) is 26.0 Å². The number of sulfonamides is 1. The van der Waals surface area contributed by atoms with Crippen LogP contribution in [-0.4, -0.2) is 33.2 Å². The Hall–Kier alpha value is -1.56. The fraction of sp³-hybridized carbons (Fsp3) is 0.650. The van der Waals surface area contributed by atoms with Crippen molar-refractivity contribution in [3.63, 3.8) is 0 Å². The number of rotatable bonds is 11. The molecular weight excluding hydrogens is 348 g/mol. The monoisotopic (exact) mass is 382 g/mol. The third kappa shape index (κ3) is 6.63. The van der Waals surface area contributed by atoms with Gasteiger partial charge in [-0.1, -0.05) is 57.7 Å². The summed E-state index contributed by atoms with van der Waals surface area (Å²) in [6, 6.07) is 6.48. The number of carbonyl (C=O) groups is 1. The molecule has 0 aromatic heterocycles. The minimum Gasteiger partial charge on any atom is -0.354 e. The zero-order valence-electron chi connectivity index (χ0n) is 16.8. The smallest absolute Gasteiger partial charge is 0.243 e. The van der Waals surface area contributed by atoms with Gasteiger partial charge in [-0.3, -0.25) is 9.10 Å². The van der Waals surface area contributed by atoms with Crippen molar-refractivity contribution in [1.82, 2.24) is 5.32 Å². The van der Waals surface area contributed by atoms with Gasteiger partial charge in [0.05, 0.1) is 11.9 Å². The normalized spacial score (nSPS) is 13.9. The van der Waals surface area contributed by atoms with Gasteiger partial charge in [-0.05, 0) is 37.8 Å². The van der Waals surface area contributed by atoms with Crippen LogP contribution in [0.15, 0.2) is 24.3 Å². The molecule has 1 N–H and O–H groups in total. The maximum Gasteiger partial charge on any atom is 0.243 e. The average Bonchev–Trinajstić information content (AvgIpc) is 2.59. The Morgan fingerprint density at radius 1 is 1.12 bits per heavy atom. The summed E-state index contributed by atoms with van der Waals surface area (Å²) in [6.45, 7) is 8.66. The molecule has 6 heteroatoms. The quantitative estimate of drug-likeness (QED) is 0.632. The van der Waals surface area contributed by atoms with Gasteiger partial charge in [-0.15, -0.1) is 0 Å². The van der Waals surface area contributed by atoms with Crippen molar-refractivity contribution >= 4 is 21.6 Å². The molecule has 5 nitrogen and oxygen atoms in total. The summed E-state index contributed by atoms with van der Waals surface area (Å²) in [4.78, 5) is 12.8. The number of nitrogens with one attached hydrogen (secondary N) is 1. The summed E-state index contributed by atoms with van der Waals surface area (Å²) >= 11 is 0. The average molecular weight is 383 g/mol. The highest BCUT2D eigenvalue weighted by Crippen LogP contribution is 2.23. The van der Waals surface area contributed by atoms with Gasteiger partial charge in [0.2, 0.25) is 15.9 Å². The molecule has 0 saturated carbocycles. The SMILES string of the molecule is CCCC[C@@H](CC)CNC(=O)[C@H](CC)N(c1ccc(C)cc1)S(C)(=O)=O. The molecule has 0 radical (unpaired) electrons. The summed E-state index contributed by atoms with van der Waals surface area (Å²) in [6.07, 6.45) is 5.93. The lowest BCUT2D eigenvalue weighted by molar-refractivity contribution is -0.122. The molecule has 148 valence electrons. The predicted molar refractivity (Wildman–Crippen MR) is 109 cm³/mol. The Morgan fingerprint density at radius 2 is 1.73 bits per heavy atom. The second-order valence-corrected chi connectivity index (χ2v) is 8.84. The van der Waals surface area contributed by atoms with Crippen molar-refractivity contribution in [3.8, 4) is 0 Å². The summed E-state index contributed by atoms with van der Waals surface area (Å²) < 4.78 is 26.1. The van der Waals surface area contributed by atoms with Crippen LogP contribution in [0.4, 0.5) is 5.69 Å². The molecular formula is C20H34N2O3S. The minimum atomic E-state index is -3.57. The fourth-order valence-electron chi connectivity index (χ4n) is 3.06. The number of nitrogens with zero attached hydrogens (tertiary/aromatic N) is 1. The van der Waals surface area contributed by atoms with E-state index in [2.05, 4.69) is 19.2 Å². The standard InChI is InChI=1S/C20H34N2O3S/c1-6-9-10-17(7-2)15-21-20(23)19(8-3)22(26(5,24)25)18-13-11-16(4)12-14-18/h11-14,17,19H,6-10,15H2,1-5H3,(H,21,23)/t17-,19+/m1/s1. The number of hydrogen-bond donors (Lipinski definition) is 1. The van der Waals surface area contributed by atoms with Crippen molar-refractivity contribution in [2.45, 2.75) is 65.8 Å². The first kappa shape index (κ1) is 22.5. The Bertz CT molecular complexity index is 656. The lowest BCUT2D eigenvalue weighted by Crippen LogP contribution is -2.50. The van der Waals surface area contributed by atoms with Crippen LogP contribution in [0.25, 0.3) is 0 Å². The van der Waals surface area contributed by atoms with Crippen LogP contribution < -0.4 is 9.62 Å². The first-order valence-corrected chi connectivity index (χ1v) is 11.4. The van der Waals surface area contributed by atoms with E-state index in [0.29, 0.717) is 24.6 Å². The molecule has 2 atom stereocenters. The van der Waals surface area contributed by atoms with Gasteiger partial charge in [0.25, 0.3) is 0 Å². The van der Waals surface area contributed by atoms with E-state index in [1.54, 1.807) is 12.1 Å². The number of anilines is 1. The van der Waals surface area contributed by atoms with E-state index >= 15 is 0 Å². The second-order valence-electron chi connectivity index (χ2n) is 6.98. The molecule has 1 aromatic carbocycles. The lowest BCUT2D eigenvalue weighted by Gasteiger charge is -2.30. The molecule has 0 aliphatic heterocycles. The molecule has 0 spiro atoms. The molecule has 0 heterocycles. The summed E-state index contributed by atoms with van der Waals surface area (Å²) in [5.74, 6) is 0.205. The highest BCUT2D eigenvalue weighted by atomic mass is 32.2. The number of benzene rings is 1. The maximum atomic E-state index is 12.8. The molecule has 1 rings (SSSR count). The molecule has 0 fully saturated rings. The Kier molecular flexibility index (Phi) is 9.13. The van der Waals surface area contributed by atoms with E-state index < -0.39 is 16.1 Å². The van der Waals surface area contributed by atoms with Crippen LogP contribution in [0.1, 0.15) is 58.4 Å². The Morgan fingerprint density at radius 3 is 2.19 bits per heavy atom. The first-order chi connectivity index (χ1) is 12.2. The summed E-state index contributed by atoms with van der Waals surface area (Å²) in [5.41, 5.74) is 1.57. The minimum absolute atomic E-state index is 0.228. The highest BCUT2D eigenvalue weighted by Gasteiger charge is 2.31. The number of amides is 1. The third-order valence-corrected chi connectivity index (χ3v) is 5.91. The maximum absolute atomic E-state index is 12.8. The van der Waals surface area contributed by atoms with E-state index in [-0.39, 0.29) is 5.91 Å². The number of hydrogen-bond acceptors (Lipinski definition) is 3. The van der Waals surface area contributed by atoms with Crippen LogP contribution in [0.3, 0.4) is 0 Å². The zero-order chi connectivity index (χ0) is 19.7. The molecule has 0 saturated heterocycles. The van der Waals surface area contributed by atoms with Gasteiger partial charge in [0.15, 0.2) is 0 Å². The topological polar surface area (TPSA) is 66.5 Å². The Balaban J connectivity index is 2.96. The first-order valence-electron chi connectivity index (χ1n) is 9.58. The van der Waals surface area contributed by atoms with Gasteiger partial charge >= 0.3 is 0 Å². The van der Waals surface area contributed by atoms with Gasteiger partial charge in [0.1, 0.15) is 6.04 Å². The number of carbonyl (C=O) groups excluding carboxylic acids is 1. The second kappa shape index (κ2) is 10.6. The van der Waals surface area contributed by atoms with Crippen LogP contribution in [-0.2, 0) is 14.8 Å². The van der Waals surface area contributed by atoms with Crippen molar-refractivity contribution < 1.29 is 13.2 Å². The van der Waals surface area contributed by atoms with Gasteiger partial charge in [0, 0.05) is 6.54 Å². The van der Waals surface area contributed by atoms with E-state index in [1.165, 1.54) is 4.31 Å². The fourth-order valence-corrected chi connectivity index (χ4v) is 4.27. The van der Waals surface area contributed by atoms with Crippen LogP contribution in [0, 0.1) is 12.8 Å². The molecule has 0 unspecified atom stereocenters. The van der Waals surface area contributed by atoms with Crippen LogP contribution >= 0.6 is 0 Å². The molecule has 0 aliphatic carbocycles. The highest BCUT2D eigenvalue weighted by molar-refractivity contribution is 7.92. The van der Waals surface area contributed by atoms with Crippen LogP contribution in [0.5, 0.6) is 0 Å². The van der Waals surface area contributed by atoms with Gasteiger partial charge in [-0.2, -0.15) is 0 Å². The number of unbranched alkanes of at least 4 members (excludes halogenated alkanes) is 1. The summed E-state index contributed by atoms with van der Waals surface area (Å²) in [5, 5.41) is 2.98. The molecule has 1 amide bonds. The lowest BCUT2D eigenvalue weighted by atomic mass is 9.99. The van der Waals surface area contributed by atoms with Gasteiger partial charge in [-0.25, -0.2) is 8.42 Å². The zero-order valence-corrected chi connectivity index (χ0v) is 17.6. The van der Waals surface area contributed by atoms with E-state index in [0.717, 1.165) is 37.5 Å². The molecule has 26 heavy (non-hydrogen) atoms. The molecule has 0 aliphatic rings. The van der Waals surface area contributed by atoms with Gasteiger partial charge < -0.3 is 5.32 Å². The van der Waals surface area contributed by atoms with Crippen molar-refractivity contribution in [1.29, 1.82) is 0 Å².